The van der Waals surface area contributed by atoms with Crippen molar-refractivity contribution in [3.05, 3.63) is 170 Å². The second kappa shape index (κ2) is 54.6. The van der Waals surface area contributed by atoms with Crippen molar-refractivity contribution in [3.63, 3.8) is 0 Å². The summed E-state index contributed by atoms with van der Waals surface area (Å²) in [5.74, 6) is -0.550. The highest BCUT2D eigenvalue weighted by Crippen LogP contribution is 2.09. The average molecular weight is 905 g/mol. The Morgan fingerprint density at radius 1 is 0.333 bits per heavy atom. The smallest absolute Gasteiger partial charge is 0.306 e. The molecule has 0 aromatic rings. The summed E-state index contributed by atoms with van der Waals surface area (Å²) in [6.45, 7) is 7.21. The van der Waals surface area contributed by atoms with Crippen molar-refractivity contribution in [1.29, 1.82) is 0 Å². The highest BCUT2D eigenvalue weighted by Gasteiger charge is 2.17. The van der Waals surface area contributed by atoms with Crippen molar-refractivity contribution in [1.82, 2.24) is 0 Å². The van der Waals surface area contributed by atoms with E-state index in [0.717, 1.165) is 135 Å². The topological polar surface area (TPSA) is 61.8 Å². The molecule has 0 aliphatic carbocycles. The van der Waals surface area contributed by atoms with Crippen LogP contribution in [-0.2, 0) is 23.8 Å². The third-order valence-corrected chi connectivity index (χ3v) is 9.73. The van der Waals surface area contributed by atoms with Gasteiger partial charge in [-0.25, -0.2) is 0 Å². The molecule has 0 bridgehead atoms. The first-order chi connectivity index (χ1) is 32.6. The fourth-order valence-corrected chi connectivity index (χ4v) is 6.04. The number of carbonyl (C=O) groups is 2. The highest BCUT2D eigenvalue weighted by atomic mass is 16.6. The lowest BCUT2D eigenvalue weighted by molar-refractivity contribution is -0.162. The molecular formula is C61H92O5. The molecule has 5 heteroatoms. The molecule has 0 rings (SSSR count). The molecule has 0 spiro atoms. The van der Waals surface area contributed by atoms with Crippen LogP contribution in [0.2, 0.25) is 0 Å². The van der Waals surface area contributed by atoms with Gasteiger partial charge in [0.1, 0.15) is 6.61 Å². The Morgan fingerprint density at radius 2 is 0.652 bits per heavy atom. The predicted octanol–water partition coefficient (Wildman–Crippen LogP) is 17.7. The van der Waals surface area contributed by atoms with Crippen LogP contribution in [0.4, 0.5) is 0 Å². The molecule has 0 N–H and O–H groups in total. The van der Waals surface area contributed by atoms with Gasteiger partial charge >= 0.3 is 11.9 Å². The molecule has 0 aliphatic heterocycles. The first-order valence-electron chi connectivity index (χ1n) is 25.7. The van der Waals surface area contributed by atoms with Crippen LogP contribution in [0, 0.1) is 0 Å². The second-order valence-electron chi connectivity index (χ2n) is 15.9. The zero-order valence-electron chi connectivity index (χ0n) is 41.9. The van der Waals surface area contributed by atoms with Crippen LogP contribution in [0.25, 0.3) is 0 Å². The zero-order chi connectivity index (χ0) is 47.7. The minimum Gasteiger partial charge on any atom is -0.462 e. The van der Waals surface area contributed by atoms with Crippen LogP contribution in [-0.4, -0.2) is 37.9 Å². The van der Waals surface area contributed by atoms with Crippen molar-refractivity contribution < 1.29 is 23.8 Å². The minimum absolute atomic E-state index is 0.0102. The van der Waals surface area contributed by atoms with E-state index in [4.69, 9.17) is 14.2 Å². The van der Waals surface area contributed by atoms with E-state index in [0.29, 0.717) is 25.9 Å². The Bertz CT molecular complexity index is 1540. The fourth-order valence-electron chi connectivity index (χ4n) is 6.04. The minimum atomic E-state index is -0.622. The van der Waals surface area contributed by atoms with Crippen LogP contribution in [0.1, 0.15) is 175 Å². The van der Waals surface area contributed by atoms with Gasteiger partial charge in [-0.05, 0) is 135 Å². The highest BCUT2D eigenvalue weighted by molar-refractivity contribution is 5.70. The quantitative estimate of drug-likeness (QED) is 0.0346. The molecule has 1 atom stereocenters. The lowest BCUT2D eigenvalue weighted by atomic mass is 10.1. The molecule has 0 saturated carbocycles. The number of ether oxygens (including phenoxy) is 3. The number of carbonyl (C=O) groups excluding carboxylic acids is 2. The largest absolute Gasteiger partial charge is 0.462 e. The van der Waals surface area contributed by atoms with Crippen molar-refractivity contribution in [2.45, 2.75) is 181 Å². The maximum absolute atomic E-state index is 12.8. The monoisotopic (exact) mass is 905 g/mol. The number of rotatable bonds is 44. The molecule has 0 amide bonds. The number of unbranched alkanes of at least 4 members (excludes halogenated alkanes) is 5. The van der Waals surface area contributed by atoms with E-state index in [1.54, 1.807) is 0 Å². The maximum Gasteiger partial charge on any atom is 0.306 e. The summed E-state index contributed by atoms with van der Waals surface area (Å²) in [5.41, 5.74) is 0. The fraction of sp³-hybridized carbons (Fsp3) is 0.508. The first kappa shape index (κ1) is 61.3. The van der Waals surface area contributed by atoms with Crippen LogP contribution < -0.4 is 0 Å². The number of hydrogen-bond acceptors (Lipinski definition) is 5. The number of allylic oxidation sites excluding steroid dienone is 28. The third-order valence-electron chi connectivity index (χ3n) is 9.73. The van der Waals surface area contributed by atoms with Crippen LogP contribution in [0.3, 0.4) is 0 Å². The summed E-state index contributed by atoms with van der Waals surface area (Å²) in [6, 6.07) is 0. The summed E-state index contributed by atoms with van der Waals surface area (Å²) < 4.78 is 17.2. The Kier molecular flexibility index (Phi) is 50.7. The van der Waals surface area contributed by atoms with Crippen molar-refractivity contribution in [3.8, 4) is 0 Å². The normalized spacial score (nSPS) is 13.7. The molecular weight excluding hydrogens is 813 g/mol. The van der Waals surface area contributed by atoms with Gasteiger partial charge < -0.3 is 14.2 Å². The van der Waals surface area contributed by atoms with Crippen LogP contribution >= 0.6 is 0 Å². The van der Waals surface area contributed by atoms with Crippen molar-refractivity contribution >= 4 is 11.9 Å². The Hall–Kier alpha value is -4.74. The van der Waals surface area contributed by atoms with Gasteiger partial charge in [-0.1, -0.05) is 197 Å². The van der Waals surface area contributed by atoms with Gasteiger partial charge in [-0.2, -0.15) is 0 Å². The molecule has 0 heterocycles. The first-order valence-corrected chi connectivity index (χ1v) is 25.7. The van der Waals surface area contributed by atoms with Crippen LogP contribution in [0.5, 0.6) is 0 Å². The van der Waals surface area contributed by atoms with Crippen molar-refractivity contribution in [2.24, 2.45) is 0 Å². The summed E-state index contributed by atoms with van der Waals surface area (Å²) >= 11 is 0. The average Bonchev–Trinajstić information content (AvgIpc) is 3.32. The molecule has 0 aromatic carbocycles. The molecule has 5 nitrogen and oxygen atoms in total. The van der Waals surface area contributed by atoms with Gasteiger partial charge in [-0.15, -0.1) is 0 Å². The van der Waals surface area contributed by atoms with Gasteiger partial charge in [0.15, 0.2) is 6.10 Å². The van der Waals surface area contributed by atoms with E-state index < -0.39 is 6.10 Å². The Labute approximate surface area is 405 Å². The van der Waals surface area contributed by atoms with E-state index in [1.807, 2.05) is 0 Å². The molecule has 0 fully saturated rings. The summed E-state index contributed by atoms with van der Waals surface area (Å²) in [5, 5.41) is 0. The molecule has 0 saturated heterocycles. The molecule has 0 radical (unpaired) electrons. The number of hydrogen-bond donors (Lipinski definition) is 0. The standard InChI is InChI=1S/C61H92O5/c1-4-7-10-13-16-19-22-25-28-30-31-33-34-36-39-42-45-48-51-54-60(62)65-58-59(57-64-56-53-50-47-44-41-38-27-24-21-18-15-12-9-6-3)66-61(63)55-52-49-46-43-40-37-35-32-29-26-23-20-17-14-11-8-5-2/h7-12,16-21,25-29,31,33,35-39,43-44,46-47,59H,4-6,13-15,22-24,30,32,34,40-42,45,48-58H2,1-3H3/b10-7-,11-8-,12-9-,19-16-,20-17-,21-18-,28-25-,29-26-,33-31-,37-35-,38-27-,39-36-,46-43-,47-44-. The van der Waals surface area contributed by atoms with Gasteiger partial charge in [-0.3, -0.25) is 9.59 Å². The van der Waals surface area contributed by atoms with Gasteiger partial charge in [0, 0.05) is 19.4 Å². The number of esters is 2. The van der Waals surface area contributed by atoms with E-state index in [9.17, 15) is 9.59 Å². The Morgan fingerprint density at radius 3 is 1.03 bits per heavy atom. The lowest BCUT2D eigenvalue weighted by Crippen LogP contribution is -2.30. The molecule has 0 aliphatic rings. The van der Waals surface area contributed by atoms with E-state index in [1.165, 1.54) is 0 Å². The predicted molar refractivity (Wildman–Crippen MR) is 287 cm³/mol. The second-order valence-corrected chi connectivity index (χ2v) is 15.9. The molecule has 0 aromatic heterocycles. The summed E-state index contributed by atoms with van der Waals surface area (Å²) in [7, 11) is 0. The zero-order valence-corrected chi connectivity index (χ0v) is 41.9. The van der Waals surface area contributed by atoms with E-state index in [-0.39, 0.29) is 25.2 Å². The summed E-state index contributed by atoms with van der Waals surface area (Å²) in [4.78, 5) is 25.4. The molecule has 66 heavy (non-hydrogen) atoms. The Balaban J connectivity index is 4.55. The SMILES string of the molecule is CC/C=C\C/C=C\C/C=C\C/C=C\C/C=C\CCCCCC(=O)OCC(COCCC/C=C\C/C=C\C/C=C\C/C=C\CC)OC(=O)CCC/C=C\C/C=C\C/C=C\C/C=C\C/C=C\CC. The maximum atomic E-state index is 12.8. The molecule has 366 valence electrons. The summed E-state index contributed by atoms with van der Waals surface area (Å²) in [6.07, 6.45) is 82.4. The third kappa shape index (κ3) is 51.9. The lowest BCUT2D eigenvalue weighted by Gasteiger charge is -2.18. The van der Waals surface area contributed by atoms with E-state index in [2.05, 4.69) is 191 Å². The van der Waals surface area contributed by atoms with Gasteiger partial charge in [0.2, 0.25) is 0 Å². The van der Waals surface area contributed by atoms with Gasteiger partial charge in [0.05, 0.1) is 6.61 Å². The van der Waals surface area contributed by atoms with E-state index >= 15 is 0 Å². The molecule has 1 unspecified atom stereocenters. The van der Waals surface area contributed by atoms with Crippen LogP contribution in [0.15, 0.2) is 170 Å². The van der Waals surface area contributed by atoms with Gasteiger partial charge in [0.25, 0.3) is 0 Å². The van der Waals surface area contributed by atoms with Crippen molar-refractivity contribution in [2.75, 3.05) is 19.8 Å².